The van der Waals surface area contributed by atoms with Crippen LogP contribution in [0.5, 0.6) is 0 Å². The molecule has 0 atom stereocenters. The fourth-order valence-electron chi connectivity index (χ4n) is 2.27. The molecule has 0 bridgehead atoms. The maximum absolute atomic E-state index is 12.3. The summed E-state index contributed by atoms with van der Waals surface area (Å²) in [6, 6.07) is 1.96. The number of aromatic nitrogens is 4. The molecule has 0 saturated heterocycles. The van der Waals surface area contributed by atoms with Gasteiger partial charge in [-0.25, -0.2) is 4.68 Å². The van der Waals surface area contributed by atoms with Gasteiger partial charge in [-0.15, -0.1) is 0 Å². The lowest BCUT2D eigenvalue weighted by molar-refractivity contribution is 0.534. The Bertz CT molecular complexity index is 689. The van der Waals surface area contributed by atoms with Crippen LogP contribution in [0.25, 0.3) is 0 Å². The predicted octanol–water partition coefficient (Wildman–Crippen LogP) is 1.69. The Morgan fingerprint density at radius 2 is 2.24 bits per heavy atom. The lowest BCUT2D eigenvalue weighted by Gasteiger charge is -2.10. The van der Waals surface area contributed by atoms with E-state index in [1.807, 2.05) is 17.8 Å². The fraction of sp³-hybridized carbons (Fsp3) is 0.500. The summed E-state index contributed by atoms with van der Waals surface area (Å²) in [6.07, 6.45) is 6.44. The van der Waals surface area contributed by atoms with E-state index in [4.69, 9.17) is 11.6 Å². The van der Waals surface area contributed by atoms with Crippen molar-refractivity contribution in [3.63, 3.8) is 0 Å². The second-order valence-electron chi connectivity index (χ2n) is 5.42. The molecule has 1 saturated carbocycles. The first-order chi connectivity index (χ1) is 10.1. The van der Waals surface area contributed by atoms with E-state index in [-0.39, 0.29) is 5.56 Å². The van der Waals surface area contributed by atoms with Crippen LogP contribution in [0.15, 0.2) is 23.3 Å². The molecule has 2 heterocycles. The lowest BCUT2D eigenvalue weighted by atomic mass is 10.3. The largest absolute Gasteiger partial charge is 0.379 e. The van der Waals surface area contributed by atoms with E-state index in [0.29, 0.717) is 29.7 Å². The van der Waals surface area contributed by atoms with Crippen LogP contribution >= 0.6 is 11.6 Å². The van der Waals surface area contributed by atoms with Gasteiger partial charge in [-0.2, -0.15) is 10.2 Å². The third kappa shape index (κ3) is 3.26. The number of hydrogen-bond acceptors (Lipinski definition) is 4. The van der Waals surface area contributed by atoms with Gasteiger partial charge in [0.1, 0.15) is 5.69 Å². The molecule has 1 N–H and O–H groups in total. The topological polar surface area (TPSA) is 64.7 Å². The zero-order valence-electron chi connectivity index (χ0n) is 11.9. The maximum atomic E-state index is 12.3. The molecule has 112 valence electrons. The van der Waals surface area contributed by atoms with E-state index in [9.17, 15) is 4.79 Å². The summed E-state index contributed by atoms with van der Waals surface area (Å²) in [5.41, 5.74) is 1.40. The Labute approximate surface area is 127 Å². The zero-order chi connectivity index (χ0) is 14.8. The third-order valence-corrected chi connectivity index (χ3v) is 4.02. The quantitative estimate of drug-likeness (QED) is 0.882. The van der Waals surface area contributed by atoms with Crippen LogP contribution in [0.4, 0.5) is 5.69 Å². The molecule has 7 heteroatoms. The normalized spacial score (nSPS) is 14.4. The number of aryl methyl sites for hydroxylation is 1. The summed E-state index contributed by atoms with van der Waals surface area (Å²) < 4.78 is 3.33. The van der Waals surface area contributed by atoms with E-state index >= 15 is 0 Å². The minimum Gasteiger partial charge on any atom is -0.379 e. The summed E-state index contributed by atoms with van der Waals surface area (Å²) in [6.45, 7) is 1.31. The Morgan fingerprint density at radius 1 is 1.43 bits per heavy atom. The molecule has 21 heavy (non-hydrogen) atoms. The van der Waals surface area contributed by atoms with Crippen LogP contribution < -0.4 is 10.9 Å². The van der Waals surface area contributed by atoms with E-state index in [1.165, 1.54) is 23.7 Å². The highest BCUT2D eigenvalue weighted by atomic mass is 35.5. The molecular weight excluding hydrogens is 290 g/mol. The smallest absolute Gasteiger partial charge is 0.291 e. The third-order valence-electron chi connectivity index (χ3n) is 3.73. The second kappa shape index (κ2) is 5.89. The summed E-state index contributed by atoms with van der Waals surface area (Å²) in [7, 11) is 1.90. The van der Waals surface area contributed by atoms with Crippen LogP contribution in [0.3, 0.4) is 0 Å². The fourth-order valence-corrected chi connectivity index (χ4v) is 2.46. The van der Waals surface area contributed by atoms with Crippen molar-refractivity contribution in [2.75, 3.05) is 11.9 Å². The highest BCUT2D eigenvalue weighted by Crippen LogP contribution is 2.30. The average molecular weight is 308 g/mol. The van der Waals surface area contributed by atoms with Gasteiger partial charge in [0.05, 0.1) is 11.2 Å². The first kappa shape index (κ1) is 14.1. The van der Waals surface area contributed by atoms with Crippen molar-refractivity contribution in [2.45, 2.75) is 25.8 Å². The van der Waals surface area contributed by atoms with Crippen LogP contribution in [0, 0.1) is 5.92 Å². The summed E-state index contributed by atoms with van der Waals surface area (Å²) in [5, 5.41) is 11.7. The Morgan fingerprint density at radius 3 is 2.90 bits per heavy atom. The molecule has 0 aromatic carbocycles. The Hall–Kier alpha value is -1.82. The summed E-state index contributed by atoms with van der Waals surface area (Å²) in [5.74, 6) is 0.596. The molecular formula is C14H18ClN5O. The van der Waals surface area contributed by atoms with E-state index in [0.717, 1.165) is 12.1 Å². The van der Waals surface area contributed by atoms with Gasteiger partial charge in [0.25, 0.3) is 5.56 Å². The van der Waals surface area contributed by atoms with Gasteiger partial charge in [-0.05, 0) is 24.8 Å². The van der Waals surface area contributed by atoms with Crippen LogP contribution in [0.1, 0.15) is 18.5 Å². The molecule has 2 aromatic heterocycles. The van der Waals surface area contributed by atoms with E-state index in [2.05, 4.69) is 15.5 Å². The minimum absolute atomic E-state index is 0.139. The average Bonchev–Trinajstić information content (AvgIpc) is 3.19. The van der Waals surface area contributed by atoms with Gasteiger partial charge in [-0.1, -0.05) is 11.6 Å². The Balaban J connectivity index is 1.69. The predicted molar refractivity (Wildman–Crippen MR) is 81.6 cm³/mol. The number of rotatable bonds is 6. The molecule has 0 amide bonds. The lowest BCUT2D eigenvalue weighted by Crippen LogP contribution is -2.27. The van der Waals surface area contributed by atoms with Crippen molar-refractivity contribution in [3.8, 4) is 0 Å². The molecule has 1 aliphatic rings. The number of nitrogens with zero attached hydrogens (tertiary/aromatic N) is 4. The van der Waals surface area contributed by atoms with E-state index < -0.39 is 0 Å². The number of nitrogens with one attached hydrogen (secondary N) is 1. The van der Waals surface area contributed by atoms with Crippen LogP contribution in [-0.2, 0) is 20.0 Å². The molecule has 3 rings (SSSR count). The molecule has 0 spiro atoms. The van der Waals surface area contributed by atoms with Gasteiger partial charge >= 0.3 is 0 Å². The van der Waals surface area contributed by atoms with Crippen molar-refractivity contribution < 1.29 is 0 Å². The first-order valence-corrected chi connectivity index (χ1v) is 7.49. The van der Waals surface area contributed by atoms with E-state index in [1.54, 1.807) is 6.20 Å². The molecule has 2 aromatic rings. The second-order valence-corrected chi connectivity index (χ2v) is 5.83. The summed E-state index contributed by atoms with van der Waals surface area (Å²) in [4.78, 5) is 12.3. The van der Waals surface area contributed by atoms with Crippen molar-refractivity contribution in [3.05, 3.63) is 39.5 Å². The molecule has 6 nitrogen and oxygen atoms in total. The van der Waals surface area contributed by atoms with Crippen molar-refractivity contribution in [1.29, 1.82) is 0 Å². The molecule has 0 aliphatic heterocycles. The van der Waals surface area contributed by atoms with Crippen LogP contribution in [0.2, 0.25) is 5.02 Å². The van der Waals surface area contributed by atoms with Gasteiger partial charge in [0.2, 0.25) is 0 Å². The Kier molecular flexibility index (Phi) is 3.96. The molecule has 1 aliphatic carbocycles. The first-order valence-electron chi connectivity index (χ1n) is 7.11. The molecule has 0 radical (unpaired) electrons. The zero-order valence-corrected chi connectivity index (χ0v) is 12.7. The van der Waals surface area contributed by atoms with Gasteiger partial charge in [-0.3, -0.25) is 9.48 Å². The SMILES string of the molecule is Cn1nccc1CCNc1c(Cl)cnn(CC2CC2)c1=O. The monoisotopic (exact) mass is 307 g/mol. The van der Waals surface area contributed by atoms with Gasteiger partial charge in [0, 0.05) is 38.4 Å². The molecule has 1 fully saturated rings. The maximum Gasteiger partial charge on any atom is 0.291 e. The van der Waals surface area contributed by atoms with Crippen molar-refractivity contribution in [1.82, 2.24) is 19.6 Å². The van der Waals surface area contributed by atoms with Gasteiger partial charge < -0.3 is 5.32 Å². The van der Waals surface area contributed by atoms with Crippen LogP contribution in [-0.4, -0.2) is 26.1 Å². The van der Waals surface area contributed by atoms with Crippen molar-refractivity contribution >= 4 is 17.3 Å². The standard InChI is InChI=1S/C14H18ClN5O/c1-19-11(5-7-17-19)4-6-16-13-12(15)8-18-20(14(13)21)9-10-2-3-10/h5,7-8,10,16H,2-4,6,9H2,1H3. The molecule has 0 unspecified atom stereocenters. The minimum atomic E-state index is -0.139. The number of anilines is 1. The number of halogens is 1. The van der Waals surface area contributed by atoms with Gasteiger partial charge in [0.15, 0.2) is 0 Å². The highest BCUT2D eigenvalue weighted by molar-refractivity contribution is 6.32. The number of hydrogen-bond donors (Lipinski definition) is 1. The summed E-state index contributed by atoms with van der Waals surface area (Å²) >= 11 is 6.09. The highest BCUT2D eigenvalue weighted by Gasteiger charge is 2.23. The van der Waals surface area contributed by atoms with Crippen molar-refractivity contribution in [2.24, 2.45) is 13.0 Å².